The van der Waals surface area contributed by atoms with E-state index in [1.807, 2.05) is 31.4 Å². The van der Waals surface area contributed by atoms with Crippen molar-refractivity contribution >= 4 is 22.9 Å². The van der Waals surface area contributed by atoms with Crippen LogP contribution in [-0.2, 0) is 20.1 Å². The van der Waals surface area contributed by atoms with Gasteiger partial charge in [0.15, 0.2) is 0 Å². The van der Waals surface area contributed by atoms with Crippen molar-refractivity contribution in [1.29, 1.82) is 0 Å². The summed E-state index contributed by atoms with van der Waals surface area (Å²) in [6, 6.07) is 5.97. The van der Waals surface area contributed by atoms with Gasteiger partial charge >= 0.3 is 0 Å². The summed E-state index contributed by atoms with van der Waals surface area (Å²) in [5, 5.41) is 7.60. The SMILES string of the molecule is Cn1ccc(CNCc2ccc(Cl)s2)n1. The Labute approximate surface area is 97.7 Å². The van der Waals surface area contributed by atoms with Crippen LogP contribution in [0.3, 0.4) is 0 Å². The molecule has 0 amide bonds. The van der Waals surface area contributed by atoms with Crippen LogP contribution in [0.5, 0.6) is 0 Å². The normalized spacial score (nSPS) is 10.8. The maximum absolute atomic E-state index is 5.83. The number of aromatic nitrogens is 2. The topological polar surface area (TPSA) is 29.9 Å². The maximum atomic E-state index is 5.83. The van der Waals surface area contributed by atoms with Crippen molar-refractivity contribution in [3.8, 4) is 0 Å². The molecule has 2 rings (SSSR count). The van der Waals surface area contributed by atoms with E-state index in [1.165, 1.54) is 4.88 Å². The molecule has 0 spiro atoms. The van der Waals surface area contributed by atoms with E-state index in [0.29, 0.717) is 0 Å². The second-order valence-electron chi connectivity index (χ2n) is 3.29. The third-order valence-electron chi connectivity index (χ3n) is 2.00. The zero-order chi connectivity index (χ0) is 10.7. The maximum Gasteiger partial charge on any atom is 0.0931 e. The van der Waals surface area contributed by atoms with Gasteiger partial charge in [0.2, 0.25) is 0 Å². The van der Waals surface area contributed by atoms with Gasteiger partial charge in [0, 0.05) is 31.2 Å². The summed E-state index contributed by atoms with van der Waals surface area (Å²) in [5.41, 5.74) is 1.06. The van der Waals surface area contributed by atoms with Gasteiger partial charge in [-0.05, 0) is 18.2 Å². The zero-order valence-electron chi connectivity index (χ0n) is 8.40. The minimum Gasteiger partial charge on any atom is -0.306 e. The van der Waals surface area contributed by atoms with E-state index < -0.39 is 0 Å². The van der Waals surface area contributed by atoms with E-state index in [2.05, 4.69) is 10.4 Å². The van der Waals surface area contributed by atoms with E-state index in [9.17, 15) is 0 Å². The van der Waals surface area contributed by atoms with Crippen molar-refractivity contribution in [2.24, 2.45) is 7.05 Å². The first-order chi connectivity index (χ1) is 7.24. The molecule has 0 bridgehead atoms. The first-order valence-corrected chi connectivity index (χ1v) is 5.87. The molecule has 1 N–H and O–H groups in total. The van der Waals surface area contributed by atoms with Crippen LogP contribution in [0.25, 0.3) is 0 Å². The molecule has 5 heteroatoms. The van der Waals surface area contributed by atoms with E-state index in [0.717, 1.165) is 23.1 Å². The van der Waals surface area contributed by atoms with Crippen LogP contribution in [0.4, 0.5) is 0 Å². The molecule has 0 aliphatic heterocycles. The van der Waals surface area contributed by atoms with Crippen molar-refractivity contribution in [1.82, 2.24) is 15.1 Å². The molecule has 3 nitrogen and oxygen atoms in total. The van der Waals surface area contributed by atoms with E-state index in [-0.39, 0.29) is 0 Å². The summed E-state index contributed by atoms with van der Waals surface area (Å²) in [5.74, 6) is 0. The predicted octanol–water partition coefficient (Wildman–Crippen LogP) is 2.42. The largest absolute Gasteiger partial charge is 0.306 e. The third-order valence-corrected chi connectivity index (χ3v) is 3.23. The van der Waals surface area contributed by atoms with Gasteiger partial charge in [0.1, 0.15) is 0 Å². The molecule has 15 heavy (non-hydrogen) atoms. The molecule has 2 heterocycles. The Morgan fingerprint density at radius 2 is 2.27 bits per heavy atom. The van der Waals surface area contributed by atoms with Gasteiger partial charge < -0.3 is 5.32 Å². The monoisotopic (exact) mass is 241 g/mol. The summed E-state index contributed by atoms with van der Waals surface area (Å²) < 4.78 is 2.64. The van der Waals surface area contributed by atoms with Gasteiger partial charge in [-0.25, -0.2) is 0 Å². The molecule has 0 atom stereocenters. The standard InChI is InChI=1S/C10H12ClN3S/c1-14-5-4-8(13-14)6-12-7-9-2-3-10(11)15-9/h2-5,12H,6-7H2,1H3. The molecule has 0 radical (unpaired) electrons. The lowest BCUT2D eigenvalue weighted by molar-refractivity contribution is 0.661. The van der Waals surface area contributed by atoms with Crippen LogP contribution in [0.2, 0.25) is 4.34 Å². The van der Waals surface area contributed by atoms with Crippen molar-refractivity contribution in [2.45, 2.75) is 13.1 Å². The Bertz CT molecular complexity index is 395. The second kappa shape index (κ2) is 4.79. The van der Waals surface area contributed by atoms with E-state index >= 15 is 0 Å². The predicted molar refractivity (Wildman–Crippen MR) is 63.1 cm³/mol. The molecule has 80 valence electrons. The highest BCUT2D eigenvalue weighted by atomic mass is 35.5. The van der Waals surface area contributed by atoms with Crippen LogP contribution in [0, 0.1) is 0 Å². The highest BCUT2D eigenvalue weighted by molar-refractivity contribution is 7.16. The summed E-state index contributed by atoms with van der Waals surface area (Å²) in [7, 11) is 1.92. The van der Waals surface area contributed by atoms with Crippen LogP contribution >= 0.6 is 22.9 Å². The lowest BCUT2D eigenvalue weighted by Gasteiger charge is -1.99. The molecule has 0 unspecified atom stereocenters. The summed E-state index contributed by atoms with van der Waals surface area (Å²) in [6.07, 6.45) is 1.94. The fraction of sp³-hybridized carbons (Fsp3) is 0.300. The van der Waals surface area contributed by atoms with Crippen LogP contribution in [0.1, 0.15) is 10.6 Å². The van der Waals surface area contributed by atoms with Gasteiger partial charge in [0.05, 0.1) is 10.0 Å². The number of aryl methyl sites for hydroxylation is 1. The number of halogens is 1. The highest BCUT2D eigenvalue weighted by Gasteiger charge is 1.99. The first-order valence-electron chi connectivity index (χ1n) is 4.67. The molecule has 2 aromatic rings. The van der Waals surface area contributed by atoms with E-state index in [4.69, 9.17) is 11.6 Å². The Morgan fingerprint density at radius 1 is 1.40 bits per heavy atom. The van der Waals surface area contributed by atoms with Crippen LogP contribution in [-0.4, -0.2) is 9.78 Å². The highest BCUT2D eigenvalue weighted by Crippen LogP contribution is 2.20. The Hall–Kier alpha value is -0.840. The van der Waals surface area contributed by atoms with Crippen molar-refractivity contribution in [3.63, 3.8) is 0 Å². The fourth-order valence-electron chi connectivity index (χ4n) is 1.32. The quantitative estimate of drug-likeness (QED) is 0.891. The summed E-state index contributed by atoms with van der Waals surface area (Å²) >= 11 is 7.44. The summed E-state index contributed by atoms with van der Waals surface area (Å²) in [6.45, 7) is 1.63. The molecule has 0 aliphatic rings. The van der Waals surface area contributed by atoms with Gasteiger partial charge in [0.25, 0.3) is 0 Å². The van der Waals surface area contributed by atoms with Gasteiger partial charge in [-0.2, -0.15) is 5.10 Å². The van der Waals surface area contributed by atoms with Crippen LogP contribution in [0.15, 0.2) is 24.4 Å². The molecule has 0 saturated heterocycles. The van der Waals surface area contributed by atoms with Crippen LogP contribution < -0.4 is 5.32 Å². The molecule has 0 saturated carbocycles. The lowest BCUT2D eigenvalue weighted by atomic mass is 10.4. The average molecular weight is 242 g/mol. The molecule has 2 aromatic heterocycles. The Morgan fingerprint density at radius 3 is 2.87 bits per heavy atom. The van der Waals surface area contributed by atoms with Gasteiger partial charge in [-0.3, -0.25) is 4.68 Å². The Kier molecular flexibility index (Phi) is 3.41. The number of nitrogens with zero attached hydrogens (tertiary/aromatic N) is 2. The average Bonchev–Trinajstić information content (AvgIpc) is 2.76. The number of rotatable bonds is 4. The van der Waals surface area contributed by atoms with Crippen molar-refractivity contribution in [2.75, 3.05) is 0 Å². The summed E-state index contributed by atoms with van der Waals surface area (Å²) in [4.78, 5) is 1.25. The molecule has 0 fully saturated rings. The number of hydrogen-bond acceptors (Lipinski definition) is 3. The van der Waals surface area contributed by atoms with Gasteiger partial charge in [-0.1, -0.05) is 11.6 Å². The molecule has 0 aliphatic carbocycles. The smallest absolute Gasteiger partial charge is 0.0931 e. The second-order valence-corrected chi connectivity index (χ2v) is 5.09. The lowest BCUT2D eigenvalue weighted by Crippen LogP contribution is -2.12. The first kappa shape index (κ1) is 10.7. The molecular weight excluding hydrogens is 230 g/mol. The third kappa shape index (κ3) is 3.06. The minimum absolute atomic E-state index is 0.788. The number of nitrogens with one attached hydrogen (secondary N) is 1. The van der Waals surface area contributed by atoms with Crippen molar-refractivity contribution in [3.05, 3.63) is 39.3 Å². The minimum atomic E-state index is 0.788. The van der Waals surface area contributed by atoms with Gasteiger partial charge in [-0.15, -0.1) is 11.3 Å². The fourth-order valence-corrected chi connectivity index (χ4v) is 2.38. The molecular formula is C10H12ClN3S. The van der Waals surface area contributed by atoms with E-state index in [1.54, 1.807) is 16.0 Å². The molecule has 0 aromatic carbocycles. The Balaban J connectivity index is 1.80. The number of hydrogen-bond donors (Lipinski definition) is 1. The number of thiophene rings is 1. The van der Waals surface area contributed by atoms with Crippen molar-refractivity contribution < 1.29 is 0 Å². The zero-order valence-corrected chi connectivity index (χ0v) is 9.98.